The molecule has 1 saturated heterocycles. The van der Waals surface area contributed by atoms with Gasteiger partial charge in [-0.2, -0.15) is 0 Å². The highest BCUT2D eigenvalue weighted by molar-refractivity contribution is 6.74. The van der Waals surface area contributed by atoms with E-state index in [4.69, 9.17) is 14.9 Å². The summed E-state index contributed by atoms with van der Waals surface area (Å²) in [6, 6.07) is 19.1. The van der Waals surface area contributed by atoms with Gasteiger partial charge in [-0.25, -0.2) is 0 Å². The Hall–Kier alpha value is -5.27. The molecule has 1 fully saturated rings. The Labute approximate surface area is 350 Å². The molecule has 59 heavy (non-hydrogen) atoms. The highest BCUT2D eigenvalue weighted by Gasteiger charge is 2.49. The molecule has 1 unspecified atom stereocenters. The van der Waals surface area contributed by atoms with Crippen molar-refractivity contribution in [3.63, 3.8) is 0 Å². The van der Waals surface area contributed by atoms with Crippen LogP contribution in [0.2, 0.25) is 18.1 Å². The molecule has 3 aromatic rings. The van der Waals surface area contributed by atoms with Crippen LogP contribution in [0.3, 0.4) is 0 Å². The average Bonchev–Trinajstić information content (AvgIpc) is 3.67. The summed E-state index contributed by atoms with van der Waals surface area (Å²) in [6.45, 7) is 22.3. The molecule has 5 amide bonds. The molecule has 4 N–H and O–H groups in total. The SMILES string of the molecule is CC(=O)N[C@@H]1C[C@@H](C(=O)N(Cc2ccccc2)c2ccc(C(N)=O)cc2)N(C(=O)[C@@H](NC(=O)/C=C/c2ccc3c(c2)C(O[Si](C)(C)C(C)(C)C)C(C)(C)O3)C(C)(C)C)C1. The number of rotatable bonds is 12. The van der Waals surface area contributed by atoms with Crippen LogP contribution >= 0.6 is 0 Å². The largest absolute Gasteiger partial charge is 0.484 e. The fourth-order valence-electron chi connectivity index (χ4n) is 7.29. The van der Waals surface area contributed by atoms with E-state index in [2.05, 4.69) is 44.5 Å². The summed E-state index contributed by atoms with van der Waals surface area (Å²) < 4.78 is 13.2. The number of benzene rings is 3. The zero-order chi connectivity index (χ0) is 43.7. The van der Waals surface area contributed by atoms with Gasteiger partial charge in [0.1, 0.15) is 29.5 Å². The molecule has 3 aromatic carbocycles. The van der Waals surface area contributed by atoms with E-state index >= 15 is 0 Å². The number of nitrogens with one attached hydrogen (secondary N) is 2. The fourth-order valence-corrected chi connectivity index (χ4v) is 8.64. The van der Waals surface area contributed by atoms with Crippen LogP contribution in [0.5, 0.6) is 5.75 Å². The van der Waals surface area contributed by atoms with Crippen LogP contribution in [0.1, 0.15) is 102 Å². The summed E-state index contributed by atoms with van der Waals surface area (Å²) >= 11 is 0. The zero-order valence-corrected chi connectivity index (χ0v) is 37.3. The fraction of sp³-hybridized carbons (Fsp3) is 0.457. The Kier molecular flexibility index (Phi) is 13.0. The van der Waals surface area contributed by atoms with Crippen molar-refractivity contribution in [2.24, 2.45) is 11.1 Å². The second-order valence-electron chi connectivity index (χ2n) is 18.9. The van der Waals surface area contributed by atoms with E-state index in [9.17, 15) is 24.0 Å². The third-order valence-electron chi connectivity index (χ3n) is 11.6. The first-order valence-electron chi connectivity index (χ1n) is 20.2. The van der Waals surface area contributed by atoms with Crippen molar-refractivity contribution >= 4 is 49.6 Å². The van der Waals surface area contributed by atoms with E-state index in [1.807, 2.05) is 83.1 Å². The van der Waals surface area contributed by atoms with Gasteiger partial charge in [-0.05, 0) is 97.4 Å². The Bertz CT molecular complexity index is 2090. The average molecular weight is 824 g/mol. The van der Waals surface area contributed by atoms with Crippen molar-refractivity contribution < 1.29 is 33.1 Å². The molecular weight excluding hydrogens is 763 g/mol. The van der Waals surface area contributed by atoms with Crippen LogP contribution in [-0.2, 0) is 30.1 Å². The minimum Gasteiger partial charge on any atom is -0.484 e. The predicted octanol–water partition coefficient (Wildman–Crippen LogP) is 6.90. The molecular formula is C46H61N5O7Si. The lowest BCUT2D eigenvalue weighted by Crippen LogP contribution is -2.58. The van der Waals surface area contributed by atoms with Gasteiger partial charge < -0.3 is 35.3 Å². The van der Waals surface area contributed by atoms with Gasteiger partial charge in [0.05, 0.1) is 6.54 Å². The Morgan fingerprint density at radius 3 is 2.20 bits per heavy atom. The van der Waals surface area contributed by atoms with Crippen molar-refractivity contribution in [1.82, 2.24) is 15.5 Å². The second kappa shape index (κ2) is 17.1. The van der Waals surface area contributed by atoms with Crippen LogP contribution in [0.4, 0.5) is 5.69 Å². The third kappa shape index (κ3) is 10.5. The molecule has 0 radical (unpaired) electrons. The van der Waals surface area contributed by atoms with Gasteiger partial charge in [-0.15, -0.1) is 0 Å². The van der Waals surface area contributed by atoms with Crippen LogP contribution in [0.25, 0.3) is 6.08 Å². The number of carbonyl (C=O) groups excluding carboxylic acids is 5. The van der Waals surface area contributed by atoms with Crippen molar-refractivity contribution in [2.75, 3.05) is 11.4 Å². The van der Waals surface area contributed by atoms with Gasteiger partial charge >= 0.3 is 0 Å². The van der Waals surface area contributed by atoms with Gasteiger partial charge in [0.2, 0.25) is 29.5 Å². The lowest BCUT2D eigenvalue weighted by Gasteiger charge is -2.41. The number of hydrogen-bond acceptors (Lipinski definition) is 7. The van der Waals surface area contributed by atoms with Crippen LogP contribution in [0.15, 0.2) is 78.9 Å². The molecule has 2 heterocycles. The molecule has 0 spiro atoms. The predicted molar refractivity (Wildman–Crippen MR) is 233 cm³/mol. The van der Waals surface area contributed by atoms with Crippen LogP contribution < -0.4 is 26.0 Å². The number of nitrogens with zero attached hydrogens (tertiary/aromatic N) is 2. The summed E-state index contributed by atoms with van der Waals surface area (Å²) in [7, 11) is -2.17. The van der Waals surface area contributed by atoms with Crippen molar-refractivity contribution in [3.05, 3.63) is 101 Å². The summed E-state index contributed by atoms with van der Waals surface area (Å²) in [5.41, 5.74) is 7.49. The van der Waals surface area contributed by atoms with Crippen molar-refractivity contribution in [2.45, 2.75) is 123 Å². The number of nitrogens with two attached hydrogens (primary N) is 1. The molecule has 2 aliphatic rings. The number of carbonyl (C=O) groups is 5. The molecule has 0 aromatic heterocycles. The summed E-state index contributed by atoms with van der Waals surface area (Å²) in [6.07, 6.45) is 2.98. The number of anilines is 1. The smallest absolute Gasteiger partial charge is 0.250 e. The van der Waals surface area contributed by atoms with E-state index in [1.165, 1.54) is 17.9 Å². The highest BCUT2D eigenvalue weighted by Crippen LogP contribution is 2.50. The summed E-state index contributed by atoms with van der Waals surface area (Å²) in [5.74, 6) is -1.44. The topological polar surface area (TPSA) is 160 Å². The van der Waals surface area contributed by atoms with Crippen LogP contribution in [-0.4, -0.2) is 73.0 Å². The molecule has 0 aliphatic carbocycles. The van der Waals surface area contributed by atoms with E-state index < -0.39 is 55.2 Å². The van der Waals surface area contributed by atoms with Gasteiger partial charge in [0, 0.05) is 42.4 Å². The number of amides is 5. The van der Waals surface area contributed by atoms with E-state index in [1.54, 1.807) is 35.2 Å². The van der Waals surface area contributed by atoms with Crippen molar-refractivity contribution in [1.29, 1.82) is 0 Å². The molecule has 2 aliphatic heterocycles. The normalized spacial score (nSPS) is 19.4. The Balaban J connectivity index is 1.41. The lowest BCUT2D eigenvalue weighted by molar-refractivity contribution is -0.142. The van der Waals surface area contributed by atoms with Crippen molar-refractivity contribution in [3.8, 4) is 5.75 Å². The summed E-state index contributed by atoms with van der Waals surface area (Å²) in [4.78, 5) is 70.3. The van der Waals surface area contributed by atoms with E-state index in [0.717, 1.165) is 22.4 Å². The zero-order valence-electron chi connectivity index (χ0n) is 36.3. The first-order chi connectivity index (χ1) is 27.4. The third-order valence-corrected chi connectivity index (χ3v) is 16.0. The molecule has 0 saturated carbocycles. The maximum Gasteiger partial charge on any atom is 0.250 e. The lowest BCUT2D eigenvalue weighted by atomic mass is 9.85. The van der Waals surface area contributed by atoms with Gasteiger partial charge in [0.25, 0.3) is 0 Å². The minimum atomic E-state index is -2.17. The number of hydrogen-bond donors (Lipinski definition) is 3. The van der Waals surface area contributed by atoms with Crippen LogP contribution in [0, 0.1) is 5.41 Å². The maximum absolute atomic E-state index is 14.8. The van der Waals surface area contributed by atoms with Gasteiger partial charge in [0.15, 0.2) is 8.32 Å². The Morgan fingerprint density at radius 2 is 1.63 bits per heavy atom. The van der Waals surface area contributed by atoms with Gasteiger partial charge in [-0.3, -0.25) is 24.0 Å². The summed E-state index contributed by atoms with van der Waals surface area (Å²) in [5, 5.41) is 5.83. The monoisotopic (exact) mass is 823 g/mol. The molecule has 5 rings (SSSR count). The minimum absolute atomic E-state index is 0.00315. The van der Waals surface area contributed by atoms with Gasteiger partial charge in [-0.1, -0.05) is 77.9 Å². The first-order valence-corrected chi connectivity index (χ1v) is 23.1. The molecule has 4 atom stereocenters. The second-order valence-corrected chi connectivity index (χ2v) is 23.6. The van der Waals surface area contributed by atoms with E-state index in [-0.39, 0.29) is 48.0 Å². The number of ether oxygens (including phenoxy) is 1. The number of primary amides is 1. The number of likely N-dealkylation sites (tertiary alicyclic amines) is 1. The quantitative estimate of drug-likeness (QED) is 0.132. The Morgan fingerprint density at radius 1 is 0.983 bits per heavy atom. The maximum atomic E-state index is 14.8. The number of fused-ring (bicyclic) bond motifs is 1. The van der Waals surface area contributed by atoms with E-state index in [0.29, 0.717) is 5.69 Å². The molecule has 316 valence electrons. The molecule has 12 nitrogen and oxygen atoms in total. The molecule has 13 heteroatoms. The first kappa shape index (κ1) is 44.8. The highest BCUT2D eigenvalue weighted by atomic mass is 28.4. The standard InChI is InChI=1S/C46H61N5O7Si/c1-29(52)48-33-26-36(42(55)50(27-31-15-13-12-14-16-31)34-21-19-32(20-22-34)41(47)54)51(28-33)43(56)39(44(2,3)4)49-38(53)24-18-30-17-23-37-35(25-30)40(46(8,9)57-37)58-59(10,11)45(5,6)7/h12-25,33,36,39-40H,26-28H2,1-11H3,(H2,47,54)(H,48,52)(H,49,53)/b24-18+/t33-,36+,39-,40?/m1/s1. The molecule has 0 bridgehead atoms.